The maximum Gasteiger partial charge on any atom is 0.329 e. The lowest BCUT2D eigenvalue weighted by Crippen LogP contribution is -2.55. The lowest BCUT2D eigenvalue weighted by atomic mass is 9.81. The number of hydrogen-bond acceptors (Lipinski definition) is 3. The van der Waals surface area contributed by atoms with E-state index in [4.69, 9.17) is 0 Å². The van der Waals surface area contributed by atoms with Gasteiger partial charge >= 0.3 is 5.97 Å². The van der Waals surface area contributed by atoms with Crippen molar-refractivity contribution in [2.24, 2.45) is 0 Å². The highest BCUT2D eigenvalue weighted by Crippen LogP contribution is 2.29. The number of nitrogens with one attached hydrogen (secondary N) is 1. The molecule has 1 saturated carbocycles. The Morgan fingerprint density at radius 1 is 1.20 bits per heavy atom. The number of aliphatic carboxylic acids is 1. The number of halogens is 1. The Labute approximate surface area is 115 Å². The fraction of sp³-hybridized carbons (Fsp3) is 0.429. The van der Waals surface area contributed by atoms with Crippen LogP contribution in [-0.2, 0) is 4.79 Å². The van der Waals surface area contributed by atoms with Crippen LogP contribution < -0.4 is 5.32 Å². The summed E-state index contributed by atoms with van der Waals surface area (Å²) in [6.07, 6.45) is 3.10. The van der Waals surface area contributed by atoms with Crippen molar-refractivity contribution in [3.05, 3.63) is 29.6 Å². The lowest BCUT2D eigenvalue weighted by molar-refractivity contribution is -0.145. The first-order chi connectivity index (χ1) is 9.44. The van der Waals surface area contributed by atoms with E-state index in [1.54, 1.807) is 0 Å². The Hall–Kier alpha value is -2.11. The van der Waals surface area contributed by atoms with Crippen LogP contribution in [0.2, 0.25) is 0 Å². The van der Waals surface area contributed by atoms with Crippen molar-refractivity contribution in [1.29, 1.82) is 0 Å². The Balaban J connectivity index is 2.22. The molecule has 0 atom stereocenters. The zero-order valence-electron chi connectivity index (χ0n) is 10.9. The first kappa shape index (κ1) is 14.3. The molecule has 0 aromatic heterocycles. The van der Waals surface area contributed by atoms with Gasteiger partial charge in [-0.2, -0.15) is 0 Å². The molecule has 1 aromatic rings. The number of carboxylic acids is 1. The summed E-state index contributed by atoms with van der Waals surface area (Å²) in [5.74, 6) is -2.94. The summed E-state index contributed by atoms with van der Waals surface area (Å²) in [5.41, 5.74) is -1.42. The molecule has 0 aliphatic heterocycles. The van der Waals surface area contributed by atoms with Gasteiger partial charge in [-0.15, -0.1) is 0 Å². The van der Waals surface area contributed by atoms with E-state index in [2.05, 4.69) is 5.32 Å². The van der Waals surface area contributed by atoms with Crippen molar-refractivity contribution in [3.8, 4) is 5.75 Å². The molecule has 1 aliphatic carbocycles. The number of phenolic OH excluding ortho intramolecular Hbond substituents is 1. The molecule has 0 heterocycles. The highest BCUT2D eigenvalue weighted by molar-refractivity contribution is 5.99. The quantitative estimate of drug-likeness (QED) is 0.791. The van der Waals surface area contributed by atoms with Crippen LogP contribution in [0, 0.1) is 5.82 Å². The minimum absolute atomic E-state index is 0.127. The van der Waals surface area contributed by atoms with Crippen LogP contribution in [0.15, 0.2) is 18.2 Å². The standard InChI is InChI=1S/C14H16FNO4/c15-9-4-5-10(11(17)8-9)12(18)16-14(13(19)20)6-2-1-3-7-14/h4-5,8,17H,1-3,6-7H2,(H,16,18)(H,19,20). The highest BCUT2D eigenvalue weighted by Gasteiger charge is 2.41. The van der Waals surface area contributed by atoms with Crippen molar-refractivity contribution < 1.29 is 24.2 Å². The van der Waals surface area contributed by atoms with E-state index in [0.29, 0.717) is 12.8 Å². The van der Waals surface area contributed by atoms with Gasteiger partial charge in [0.15, 0.2) is 0 Å². The summed E-state index contributed by atoms with van der Waals surface area (Å²) >= 11 is 0. The SMILES string of the molecule is O=C(NC1(C(=O)O)CCCCC1)c1ccc(F)cc1O. The molecule has 1 aliphatic rings. The Bertz CT molecular complexity index is 538. The molecule has 0 spiro atoms. The third kappa shape index (κ3) is 2.74. The fourth-order valence-corrected chi connectivity index (χ4v) is 2.53. The molecule has 0 radical (unpaired) electrons. The van der Waals surface area contributed by atoms with Crippen LogP contribution in [0.1, 0.15) is 42.5 Å². The van der Waals surface area contributed by atoms with Gasteiger partial charge in [0.05, 0.1) is 5.56 Å². The van der Waals surface area contributed by atoms with Gasteiger partial charge in [0, 0.05) is 6.07 Å². The van der Waals surface area contributed by atoms with Crippen LogP contribution in [0.25, 0.3) is 0 Å². The number of amides is 1. The smallest absolute Gasteiger partial charge is 0.329 e. The van der Waals surface area contributed by atoms with E-state index < -0.39 is 29.0 Å². The normalized spacial score (nSPS) is 17.4. The van der Waals surface area contributed by atoms with Gasteiger partial charge in [0.25, 0.3) is 5.91 Å². The van der Waals surface area contributed by atoms with Crippen molar-refractivity contribution in [3.63, 3.8) is 0 Å². The summed E-state index contributed by atoms with van der Waals surface area (Å²) in [7, 11) is 0. The molecule has 108 valence electrons. The largest absolute Gasteiger partial charge is 0.507 e. The Morgan fingerprint density at radius 2 is 1.85 bits per heavy atom. The minimum atomic E-state index is -1.30. The van der Waals surface area contributed by atoms with E-state index in [9.17, 15) is 24.2 Å². The second-order valence-corrected chi connectivity index (χ2v) is 5.06. The number of aromatic hydroxyl groups is 1. The summed E-state index contributed by atoms with van der Waals surface area (Å²) in [4.78, 5) is 23.5. The summed E-state index contributed by atoms with van der Waals surface area (Å²) in [6.45, 7) is 0. The van der Waals surface area contributed by atoms with Gasteiger partial charge in [-0.3, -0.25) is 4.79 Å². The van der Waals surface area contributed by atoms with Crippen LogP contribution in [0.5, 0.6) is 5.75 Å². The van der Waals surface area contributed by atoms with E-state index >= 15 is 0 Å². The minimum Gasteiger partial charge on any atom is -0.507 e. The van der Waals surface area contributed by atoms with Crippen LogP contribution in [0.4, 0.5) is 4.39 Å². The highest BCUT2D eigenvalue weighted by atomic mass is 19.1. The van der Waals surface area contributed by atoms with Crippen LogP contribution in [-0.4, -0.2) is 27.6 Å². The molecule has 1 fully saturated rings. The number of hydrogen-bond donors (Lipinski definition) is 3. The monoisotopic (exact) mass is 281 g/mol. The predicted molar refractivity (Wildman–Crippen MR) is 69.0 cm³/mol. The predicted octanol–water partition coefficient (Wildman–Crippen LogP) is 2.05. The molecular weight excluding hydrogens is 265 g/mol. The average Bonchev–Trinajstić information content (AvgIpc) is 2.39. The van der Waals surface area contributed by atoms with E-state index in [1.165, 1.54) is 0 Å². The van der Waals surface area contributed by atoms with E-state index in [-0.39, 0.29) is 5.56 Å². The van der Waals surface area contributed by atoms with Crippen molar-refractivity contribution >= 4 is 11.9 Å². The zero-order valence-corrected chi connectivity index (χ0v) is 10.9. The van der Waals surface area contributed by atoms with E-state index in [0.717, 1.165) is 37.5 Å². The Kier molecular flexibility index (Phi) is 3.92. The van der Waals surface area contributed by atoms with Crippen molar-refractivity contribution in [2.45, 2.75) is 37.6 Å². The molecule has 1 aromatic carbocycles. The van der Waals surface area contributed by atoms with Crippen molar-refractivity contribution in [1.82, 2.24) is 5.32 Å². The lowest BCUT2D eigenvalue weighted by Gasteiger charge is -2.34. The summed E-state index contributed by atoms with van der Waals surface area (Å²) in [6, 6.07) is 3.00. The van der Waals surface area contributed by atoms with Gasteiger partial charge in [0.1, 0.15) is 17.1 Å². The van der Waals surface area contributed by atoms with Gasteiger partial charge in [-0.05, 0) is 25.0 Å². The first-order valence-electron chi connectivity index (χ1n) is 6.49. The molecular formula is C14H16FNO4. The summed E-state index contributed by atoms with van der Waals surface area (Å²) < 4.78 is 12.9. The third-order valence-corrected chi connectivity index (χ3v) is 3.67. The molecule has 0 saturated heterocycles. The summed E-state index contributed by atoms with van der Waals surface area (Å²) in [5, 5.41) is 21.4. The van der Waals surface area contributed by atoms with Crippen LogP contribution >= 0.6 is 0 Å². The van der Waals surface area contributed by atoms with Gasteiger partial charge < -0.3 is 15.5 Å². The zero-order chi connectivity index (χ0) is 14.8. The number of carbonyl (C=O) groups is 2. The fourth-order valence-electron chi connectivity index (χ4n) is 2.53. The average molecular weight is 281 g/mol. The molecule has 1 amide bonds. The molecule has 0 unspecified atom stereocenters. The molecule has 20 heavy (non-hydrogen) atoms. The maximum absolute atomic E-state index is 12.9. The topological polar surface area (TPSA) is 86.6 Å². The molecule has 2 rings (SSSR count). The Morgan fingerprint density at radius 3 is 2.40 bits per heavy atom. The number of carbonyl (C=O) groups excluding carboxylic acids is 1. The van der Waals surface area contributed by atoms with Crippen LogP contribution in [0.3, 0.4) is 0 Å². The number of carboxylic acid groups (broad SMARTS) is 1. The molecule has 3 N–H and O–H groups in total. The molecule has 6 heteroatoms. The maximum atomic E-state index is 12.9. The van der Waals surface area contributed by atoms with Gasteiger partial charge in [-0.25, -0.2) is 9.18 Å². The third-order valence-electron chi connectivity index (χ3n) is 3.67. The van der Waals surface area contributed by atoms with Gasteiger partial charge in [0.2, 0.25) is 0 Å². The first-order valence-corrected chi connectivity index (χ1v) is 6.49. The van der Waals surface area contributed by atoms with E-state index in [1.807, 2.05) is 0 Å². The molecule has 0 bridgehead atoms. The molecule has 5 nitrogen and oxygen atoms in total. The van der Waals surface area contributed by atoms with Crippen molar-refractivity contribution in [2.75, 3.05) is 0 Å². The second kappa shape index (κ2) is 5.48. The second-order valence-electron chi connectivity index (χ2n) is 5.06. The van der Waals surface area contributed by atoms with Gasteiger partial charge in [-0.1, -0.05) is 19.3 Å². The number of benzene rings is 1. The number of phenols is 1. The number of rotatable bonds is 3.